The van der Waals surface area contributed by atoms with Crippen molar-refractivity contribution >= 4 is 23.5 Å². The second-order valence-corrected chi connectivity index (χ2v) is 12.4. The van der Waals surface area contributed by atoms with Gasteiger partial charge in [-0.2, -0.15) is 0 Å². The summed E-state index contributed by atoms with van der Waals surface area (Å²) in [4.78, 5) is 49.3. The largest absolute Gasteiger partial charge is 0.461 e. The zero-order chi connectivity index (χ0) is 30.1. The van der Waals surface area contributed by atoms with Gasteiger partial charge in [0.2, 0.25) is 0 Å². The third-order valence-electron chi connectivity index (χ3n) is 7.49. The maximum atomic E-state index is 12.5. The van der Waals surface area contributed by atoms with Gasteiger partial charge in [-0.15, -0.1) is 0 Å². The Morgan fingerprint density at radius 1 is 0.561 bits per heavy atom. The molecule has 41 heavy (non-hydrogen) atoms. The van der Waals surface area contributed by atoms with Crippen molar-refractivity contribution in [2.45, 2.75) is 112 Å². The molecule has 0 aliphatic rings. The van der Waals surface area contributed by atoms with Gasteiger partial charge >= 0.3 is 11.9 Å². The number of hydrogen-bond acceptors (Lipinski definition) is 6. The van der Waals surface area contributed by atoms with Crippen LogP contribution in [0.3, 0.4) is 0 Å². The van der Waals surface area contributed by atoms with Crippen molar-refractivity contribution in [2.24, 2.45) is 10.8 Å². The predicted octanol–water partition coefficient (Wildman–Crippen LogP) is 7.95. The van der Waals surface area contributed by atoms with Crippen LogP contribution in [0.4, 0.5) is 0 Å². The van der Waals surface area contributed by atoms with Gasteiger partial charge in [0.15, 0.2) is 0 Å². The maximum Gasteiger partial charge on any atom is 0.311 e. The number of ether oxygens (including phenoxy) is 2. The number of rotatable bonds is 20. The van der Waals surface area contributed by atoms with E-state index >= 15 is 0 Å². The lowest BCUT2D eigenvalue weighted by atomic mass is 9.82. The molecule has 224 valence electrons. The minimum absolute atomic E-state index is 0.0518. The molecule has 6 nitrogen and oxygen atoms in total. The van der Waals surface area contributed by atoms with E-state index in [1.165, 1.54) is 0 Å². The van der Waals surface area contributed by atoms with E-state index in [0.29, 0.717) is 64.4 Å². The number of carbonyl (C=O) groups excluding carboxylic acids is 4. The highest BCUT2D eigenvalue weighted by Crippen LogP contribution is 2.30. The van der Waals surface area contributed by atoms with Gasteiger partial charge in [0.1, 0.15) is 24.8 Å². The Kier molecular flexibility index (Phi) is 14.5. The van der Waals surface area contributed by atoms with Crippen LogP contribution in [0.15, 0.2) is 60.7 Å². The molecule has 0 spiro atoms. The van der Waals surface area contributed by atoms with E-state index in [0.717, 1.165) is 24.0 Å². The second-order valence-electron chi connectivity index (χ2n) is 12.4. The number of Topliss-reactive ketones (excluding diaryl/α,β-unsaturated/α-hetero) is 2. The van der Waals surface area contributed by atoms with Crippen molar-refractivity contribution in [1.29, 1.82) is 0 Å². The molecule has 0 aliphatic heterocycles. The van der Waals surface area contributed by atoms with Crippen molar-refractivity contribution in [3.63, 3.8) is 0 Å². The highest BCUT2D eigenvalue weighted by molar-refractivity contribution is 5.81. The number of esters is 2. The Morgan fingerprint density at radius 2 is 1.02 bits per heavy atom. The number of ketones is 2. The normalized spacial score (nSPS) is 11.6. The van der Waals surface area contributed by atoms with Crippen LogP contribution in [0.5, 0.6) is 0 Å². The summed E-state index contributed by atoms with van der Waals surface area (Å²) in [5.74, 6) is -0.149. The number of carbonyl (C=O) groups is 4. The first kappa shape index (κ1) is 33.9. The molecule has 0 atom stereocenters. The van der Waals surface area contributed by atoms with E-state index < -0.39 is 5.41 Å². The fourth-order valence-electron chi connectivity index (χ4n) is 4.62. The summed E-state index contributed by atoms with van der Waals surface area (Å²) in [6.45, 7) is 8.47. The standard InChI is InChI=1S/C35H48O6/c1-34(2,25-22-32(38)40-26-28-14-7-5-8-15-28)23-12-20-30(36)18-11-19-31(37)21-13-24-35(3,4)33(39)41-27-29-16-9-6-10-17-29/h5-10,14-17H,11-13,18-27H2,1-4H3. The van der Waals surface area contributed by atoms with Gasteiger partial charge in [0.25, 0.3) is 0 Å². The van der Waals surface area contributed by atoms with Gasteiger partial charge < -0.3 is 9.47 Å². The van der Waals surface area contributed by atoms with Gasteiger partial charge in [0.05, 0.1) is 5.41 Å². The molecular formula is C35H48O6. The zero-order valence-corrected chi connectivity index (χ0v) is 25.4. The summed E-state index contributed by atoms with van der Waals surface area (Å²) < 4.78 is 10.8. The zero-order valence-electron chi connectivity index (χ0n) is 25.4. The third-order valence-corrected chi connectivity index (χ3v) is 7.49. The second kappa shape index (κ2) is 17.5. The molecule has 6 heteroatoms. The monoisotopic (exact) mass is 564 g/mol. The molecule has 0 saturated heterocycles. The minimum Gasteiger partial charge on any atom is -0.461 e. The van der Waals surface area contributed by atoms with Crippen molar-refractivity contribution in [3.8, 4) is 0 Å². The molecule has 0 aromatic heterocycles. The lowest BCUT2D eigenvalue weighted by molar-refractivity contribution is -0.156. The predicted molar refractivity (Wildman–Crippen MR) is 161 cm³/mol. The van der Waals surface area contributed by atoms with Crippen LogP contribution < -0.4 is 0 Å². The molecule has 0 heterocycles. The quantitative estimate of drug-likeness (QED) is 0.152. The number of benzene rings is 2. The highest BCUT2D eigenvalue weighted by Gasteiger charge is 2.29. The summed E-state index contributed by atoms with van der Waals surface area (Å²) in [5.41, 5.74) is 1.22. The van der Waals surface area contributed by atoms with Crippen LogP contribution in [0.25, 0.3) is 0 Å². The summed E-state index contributed by atoms with van der Waals surface area (Å²) >= 11 is 0. The summed E-state index contributed by atoms with van der Waals surface area (Å²) in [5, 5.41) is 0. The first-order valence-electron chi connectivity index (χ1n) is 14.9. The van der Waals surface area contributed by atoms with E-state index in [1.807, 2.05) is 74.5 Å². The molecule has 0 radical (unpaired) electrons. The van der Waals surface area contributed by atoms with E-state index in [2.05, 4.69) is 13.8 Å². The molecule has 2 rings (SSSR count). The summed E-state index contributed by atoms with van der Waals surface area (Å²) in [6, 6.07) is 19.2. The molecule has 0 fully saturated rings. The molecule has 0 bridgehead atoms. The van der Waals surface area contributed by atoms with Gasteiger partial charge in [-0.05, 0) is 68.9 Å². The van der Waals surface area contributed by atoms with Gasteiger partial charge in [-0.1, -0.05) is 74.5 Å². The van der Waals surface area contributed by atoms with Crippen LogP contribution in [0, 0.1) is 10.8 Å². The summed E-state index contributed by atoms with van der Waals surface area (Å²) in [6.07, 6.45) is 6.17. The first-order valence-corrected chi connectivity index (χ1v) is 14.9. The Balaban J connectivity index is 1.52. The van der Waals surface area contributed by atoms with Gasteiger partial charge in [-0.3, -0.25) is 19.2 Å². The SMILES string of the molecule is CC(C)(CCCC(=O)CCCC(=O)CCCC(C)(C)C(=O)OCc1ccccc1)CCC(=O)OCc1ccccc1. The van der Waals surface area contributed by atoms with E-state index in [-0.39, 0.29) is 35.5 Å². The average molecular weight is 565 g/mol. The fraction of sp³-hybridized carbons (Fsp3) is 0.543. The molecule has 0 unspecified atom stereocenters. The van der Waals surface area contributed by atoms with Crippen molar-refractivity contribution < 1.29 is 28.7 Å². The Morgan fingerprint density at radius 3 is 1.56 bits per heavy atom. The van der Waals surface area contributed by atoms with Gasteiger partial charge in [0, 0.05) is 32.1 Å². The van der Waals surface area contributed by atoms with E-state index in [1.54, 1.807) is 0 Å². The van der Waals surface area contributed by atoms with Crippen LogP contribution in [-0.4, -0.2) is 23.5 Å². The third kappa shape index (κ3) is 14.8. The molecule has 2 aromatic rings. The van der Waals surface area contributed by atoms with Crippen LogP contribution in [-0.2, 0) is 41.9 Å². The Hall–Kier alpha value is -3.28. The van der Waals surface area contributed by atoms with E-state index in [4.69, 9.17) is 9.47 Å². The molecule has 0 amide bonds. The first-order chi connectivity index (χ1) is 19.5. The van der Waals surface area contributed by atoms with Gasteiger partial charge in [-0.25, -0.2) is 0 Å². The highest BCUT2D eigenvalue weighted by atomic mass is 16.5. The average Bonchev–Trinajstić information content (AvgIpc) is 2.94. The maximum absolute atomic E-state index is 12.5. The molecule has 0 saturated carbocycles. The molecular weight excluding hydrogens is 516 g/mol. The van der Waals surface area contributed by atoms with Crippen LogP contribution in [0.1, 0.15) is 109 Å². The lowest BCUT2D eigenvalue weighted by Gasteiger charge is -2.24. The molecule has 2 aromatic carbocycles. The van der Waals surface area contributed by atoms with Crippen molar-refractivity contribution in [2.75, 3.05) is 0 Å². The van der Waals surface area contributed by atoms with E-state index in [9.17, 15) is 19.2 Å². The smallest absolute Gasteiger partial charge is 0.311 e. The number of hydrogen-bond donors (Lipinski definition) is 0. The molecule has 0 N–H and O–H groups in total. The fourth-order valence-corrected chi connectivity index (χ4v) is 4.62. The topological polar surface area (TPSA) is 86.7 Å². The lowest BCUT2D eigenvalue weighted by Crippen LogP contribution is -2.26. The van der Waals surface area contributed by atoms with Crippen molar-refractivity contribution in [1.82, 2.24) is 0 Å². The Labute approximate surface area is 246 Å². The van der Waals surface area contributed by atoms with Crippen LogP contribution >= 0.6 is 0 Å². The Bertz CT molecular complexity index is 1090. The molecule has 0 aliphatic carbocycles. The van der Waals surface area contributed by atoms with Crippen LogP contribution in [0.2, 0.25) is 0 Å². The minimum atomic E-state index is -0.652. The summed E-state index contributed by atoms with van der Waals surface area (Å²) in [7, 11) is 0. The van der Waals surface area contributed by atoms with Crippen molar-refractivity contribution in [3.05, 3.63) is 71.8 Å².